The number of hydrogen-bond donors (Lipinski definition) is 2. The zero-order valence-electron chi connectivity index (χ0n) is 10.9. The van der Waals surface area contributed by atoms with Gasteiger partial charge in [-0.3, -0.25) is 4.79 Å². The molecule has 1 fully saturated rings. The Labute approximate surface area is 124 Å². The highest BCUT2D eigenvalue weighted by atomic mass is 79.9. The fourth-order valence-electron chi connectivity index (χ4n) is 2.42. The molecule has 0 aromatic heterocycles. The van der Waals surface area contributed by atoms with Gasteiger partial charge in [-0.1, -0.05) is 15.9 Å². The first-order chi connectivity index (χ1) is 9.43. The number of methoxy groups -OCH3 is 1. The first-order valence-electron chi connectivity index (χ1n) is 6.05. The number of ether oxygens (including phenoxy) is 1. The molecule has 0 spiro atoms. The van der Waals surface area contributed by atoms with Gasteiger partial charge in [-0.15, -0.1) is 0 Å². The summed E-state index contributed by atoms with van der Waals surface area (Å²) in [6.45, 7) is 0.412. The van der Waals surface area contributed by atoms with E-state index < -0.39 is 17.9 Å². The molecule has 0 bridgehead atoms. The Hall–Kier alpha value is -1.60. The van der Waals surface area contributed by atoms with E-state index in [1.807, 2.05) is 0 Å². The topological polar surface area (TPSA) is 92.9 Å². The number of carbonyl (C=O) groups is 2. The molecule has 20 heavy (non-hydrogen) atoms. The molecule has 1 heterocycles. The molecule has 1 aromatic carbocycles. The van der Waals surface area contributed by atoms with E-state index in [0.717, 1.165) is 0 Å². The summed E-state index contributed by atoms with van der Waals surface area (Å²) in [7, 11) is 1.55. The number of halogens is 1. The van der Waals surface area contributed by atoms with Crippen LogP contribution in [-0.4, -0.2) is 42.8 Å². The van der Waals surface area contributed by atoms with Crippen LogP contribution < -0.4 is 10.6 Å². The Morgan fingerprint density at radius 1 is 1.50 bits per heavy atom. The quantitative estimate of drug-likeness (QED) is 0.858. The second-order valence-electron chi connectivity index (χ2n) is 4.63. The molecule has 0 aliphatic carbocycles. The largest absolute Gasteiger partial charge is 0.480 e. The predicted molar refractivity (Wildman–Crippen MR) is 76.8 cm³/mol. The van der Waals surface area contributed by atoms with Crippen molar-refractivity contribution in [3.63, 3.8) is 0 Å². The highest BCUT2D eigenvalue weighted by Crippen LogP contribution is 2.31. The van der Waals surface area contributed by atoms with E-state index in [4.69, 9.17) is 10.5 Å². The first-order valence-corrected chi connectivity index (χ1v) is 6.85. The molecule has 7 heteroatoms. The minimum absolute atomic E-state index is 0.180. The maximum atomic E-state index is 11.6. The van der Waals surface area contributed by atoms with E-state index in [0.29, 0.717) is 28.7 Å². The van der Waals surface area contributed by atoms with Gasteiger partial charge in [0.05, 0.1) is 17.4 Å². The molecular formula is C13H15BrN2O4. The van der Waals surface area contributed by atoms with Gasteiger partial charge in [-0.05, 0) is 18.2 Å². The van der Waals surface area contributed by atoms with Crippen LogP contribution in [0, 0.1) is 0 Å². The maximum Gasteiger partial charge on any atom is 0.326 e. The van der Waals surface area contributed by atoms with Crippen molar-refractivity contribution in [3.8, 4) is 0 Å². The Balaban J connectivity index is 2.43. The third-order valence-corrected chi connectivity index (χ3v) is 3.91. The zero-order valence-corrected chi connectivity index (χ0v) is 12.5. The normalized spacial score (nSPS) is 22.0. The van der Waals surface area contributed by atoms with Crippen molar-refractivity contribution in [1.29, 1.82) is 0 Å². The summed E-state index contributed by atoms with van der Waals surface area (Å²) in [6, 6.07) is 4.31. The summed E-state index contributed by atoms with van der Waals surface area (Å²) >= 11 is 3.28. The van der Waals surface area contributed by atoms with Crippen LogP contribution in [0.2, 0.25) is 0 Å². The van der Waals surface area contributed by atoms with Gasteiger partial charge in [0, 0.05) is 24.5 Å². The van der Waals surface area contributed by atoms with Crippen LogP contribution in [0.1, 0.15) is 16.8 Å². The minimum atomic E-state index is -0.942. The lowest BCUT2D eigenvalue weighted by molar-refractivity contribution is -0.138. The summed E-state index contributed by atoms with van der Waals surface area (Å²) in [5.41, 5.74) is 6.19. The monoisotopic (exact) mass is 342 g/mol. The number of carboxylic acid groups (broad SMARTS) is 1. The molecule has 2 unspecified atom stereocenters. The number of carboxylic acids is 1. The molecule has 2 rings (SSSR count). The van der Waals surface area contributed by atoms with E-state index in [9.17, 15) is 14.7 Å². The molecule has 108 valence electrons. The Kier molecular flexibility index (Phi) is 4.29. The molecule has 3 N–H and O–H groups in total. The van der Waals surface area contributed by atoms with Gasteiger partial charge in [-0.25, -0.2) is 4.79 Å². The van der Waals surface area contributed by atoms with Gasteiger partial charge in [-0.2, -0.15) is 0 Å². The van der Waals surface area contributed by atoms with E-state index in [2.05, 4.69) is 15.9 Å². The van der Waals surface area contributed by atoms with Gasteiger partial charge in [0.15, 0.2) is 0 Å². The lowest BCUT2D eigenvalue weighted by Gasteiger charge is -2.25. The summed E-state index contributed by atoms with van der Waals surface area (Å²) in [4.78, 5) is 24.6. The minimum Gasteiger partial charge on any atom is -0.480 e. The standard InChI is InChI=1S/C13H15BrN2O4/c1-20-8-5-11(13(18)19)16(6-8)10-3-2-7(14)4-9(10)12(15)17/h2-4,8,11H,5-6H2,1H3,(H2,15,17)(H,18,19). The van der Waals surface area contributed by atoms with Crippen LogP contribution in [0.4, 0.5) is 5.69 Å². The lowest BCUT2D eigenvalue weighted by Crippen LogP contribution is -2.37. The summed E-state index contributed by atoms with van der Waals surface area (Å²) in [6.07, 6.45) is 0.195. The molecule has 1 amide bonds. The van der Waals surface area contributed by atoms with Gasteiger partial charge in [0.25, 0.3) is 5.91 Å². The van der Waals surface area contributed by atoms with Gasteiger partial charge < -0.3 is 20.5 Å². The molecule has 1 aromatic rings. The second kappa shape index (κ2) is 5.80. The number of nitrogens with two attached hydrogens (primary N) is 1. The second-order valence-corrected chi connectivity index (χ2v) is 5.54. The van der Waals surface area contributed by atoms with Crippen molar-refractivity contribution in [2.45, 2.75) is 18.6 Å². The lowest BCUT2D eigenvalue weighted by atomic mass is 10.1. The SMILES string of the molecule is COC1CC(C(=O)O)N(c2ccc(Br)cc2C(N)=O)C1. The number of rotatable bonds is 4. The fraction of sp³-hybridized carbons (Fsp3) is 0.385. The predicted octanol–water partition coefficient (Wildman–Crippen LogP) is 1.23. The first kappa shape index (κ1) is 14.8. The Bertz CT molecular complexity index is 549. The fourth-order valence-corrected chi connectivity index (χ4v) is 2.79. The number of hydrogen-bond acceptors (Lipinski definition) is 4. The summed E-state index contributed by atoms with van der Waals surface area (Å²) in [5.74, 6) is -1.53. The third kappa shape index (κ3) is 2.78. The van der Waals surface area contributed by atoms with Crippen molar-refractivity contribution < 1.29 is 19.4 Å². The van der Waals surface area contributed by atoms with E-state index >= 15 is 0 Å². The maximum absolute atomic E-state index is 11.6. The number of carbonyl (C=O) groups excluding carboxylic acids is 1. The average Bonchev–Trinajstić information content (AvgIpc) is 2.82. The Morgan fingerprint density at radius 2 is 2.20 bits per heavy atom. The molecular weight excluding hydrogens is 328 g/mol. The van der Waals surface area contributed by atoms with Crippen LogP contribution in [0.3, 0.4) is 0 Å². The van der Waals surface area contributed by atoms with Gasteiger partial charge >= 0.3 is 5.97 Å². The molecule has 1 saturated heterocycles. The van der Waals surface area contributed by atoms with Crippen molar-refractivity contribution >= 4 is 33.5 Å². The van der Waals surface area contributed by atoms with Gasteiger partial charge in [0.1, 0.15) is 6.04 Å². The van der Waals surface area contributed by atoms with E-state index in [1.54, 1.807) is 30.2 Å². The van der Waals surface area contributed by atoms with Crippen LogP contribution in [0.15, 0.2) is 22.7 Å². The number of primary amides is 1. The molecule has 2 atom stereocenters. The van der Waals surface area contributed by atoms with Crippen molar-refractivity contribution in [2.24, 2.45) is 5.73 Å². The van der Waals surface area contributed by atoms with E-state index in [1.165, 1.54) is 0 Å². The molecule has 1 aliphatic rings. The highest BCUT2D eigenvalue weighted by Gasteiger charge is 2.38. The van der Waals surface area contributed by atoms with Crippen LogP contribution in [0.5, 0.6) is 0 Å². The molecule has 0 saturated carbocycles. The Morgan fingerprint density at radius 3 is 2.75 bits per heavy atom. The average molecular weight is 343 g/mol. The van der Waals surface area contributed by atoms with Gasteiger partial charge in [0.2, 0.25) is 0 Å². The number of benzene rings is 1. The van der Waals surface area contributed by atoms with Crippen LogP contribution in [0.25, 0.3) is 0 Å². The highest BCUT2D eigenvalue weighted by molar-refractivity contribution is 9.10. The van der Waals surface area contributed by atoms with Crippen molar-refractivity contribution in [2.75, 3.05) is 18.6 Å². The zero-order chi connectivity index (χ0) is 14.9. The van der Waals surface area contributed by atoms with Crippen molar-refractivity contribution in [3.05, 3.63) is 28.2 Å². The van der Waals surface area contributed by atoms with Crippen LogP contribution in [-0.2, 0) is 9.53 Å². The molecule has 6 nitrogen and oxygen atoms in total. The smallest absolute Gasteiger partial charge is 0.326 e. The summed E-state index contributed by atoms with van der Waals surface area (Å²) in [5, 5.41) is 9.32. The number of amides is 1. The van der Waals surface area contributed by atoms with Crippen LogP contribution >= 0.6 is 15.9 Å². The third-order valence-electron chi connectivity index (χ3n) is 3.41. The summed E-state index contributed by atoms with van der Waals surface area (Å²) < 4.78 is 5.95. The number of aliphatic carboxylic acids is 1. The van der Waals surface area contributed by atoms with E-state index in [-0.39, 0.29) is 6.10 Å². The number of nitrogens with zero attached hydrogens (tertiary/aromatic N) is 1. The van der Waals surface area contributed by atoms with Crippen molar-refractivity contribution in [1.82, 2.24) is 0 Å². The molecule has 1 aliphatic heterocycles. The number of anilines is 1. The molecule has 0 radical (unpaired) electrons.